The van der Waals surface area contributed by atoms with Gasteiger partial charge in [0.1, 0.15) is 0 Å². The standard InChI is InChI=1S/C5H9F2NO5S/c1-2-3-12-4(9)5(6,7)14(10,11)13-8/h2-3,8H2,1H3. The maximum atomic E-state index is 12.7. The molecule has 14 heavy (non-hydrogen) atoms. The summed E-state index contributed by atoms with van der Waals surface area (Å²) >= 11 is 0. The van der Waals surface area contributed by atoms with Crippen LogP contribution >= 0.6 is 0 Å². The number of alkyl halides is 2. The van der Waals surface area contributed by atoms with Gasteiger partial charge >= 0.3 is 21.3 Å². The summed E-state index contributed by atoms with van der Waals surface area (Å²) in [4.78, 5) is 10.5. The van der Waals surface area contributed by atoms with Crippen LogP contribution in [0.15, 0.2) is 0 Å². The maximum absolute atomic E-state index is 12.7. The fourth-order valence-corrected chi connectivity index (χ4v) is 0.825. The van der Waals surface area contributed by atoms with Gasteiger partial charge in [0.05, 0.1) is 6.61 Å². The smallest absolute Gasteiger partial charge is 0.460 e. The molecular weight excluding hydrogens is 224 g/mol. The molecule has 0 unspecified atom stereocenters. The SMILES string of the molecule is CCCOC(=O)C(F)(F)S(=O)(=O)ON. The van der Waals surface area contributed by atoms with E-state index in [1.807, 2.05) is 0 Å². The van der Waals surface area contributed by atoms with E-state index in [1.165, 1.54) is 0 Å². The Bertz CT molecular complexity index is 301. The molecule has 0 spiro atoms. The van der Waals surface area contributed by atoms with Gasteiger partial charge in [-0.15, -0.1) is 0 Å². The number of carbonyl (C=O) groups excluding carboxylic acids is 1. The number of ether oxygens (including phenoxy) is 1. The number of halogens is 2. The molecule has 0 radical (unpaired) electrons. The molecular formula is C5H9F2NO5S. The predicted molar refractivity (Wildman–Crippen MR) is 40.4 cm³/mol. The van der Waals surface area contributed by atoms with Gasteiger partial charge in [0.2, 0.25) is 0 Å². The molecule has 0 saturated carbocycles. The number of hydrogen-bond acceptors (Lipinski definition) is 6. The van der Waals surface area contributed by atoms with Crippen molar-refractivity contribution in [2.24, 2.45) is 5.90 Å². The van der Waals surface area contributed by atoms with Crippen LogP contribution in [0.25, 0.3) is 0 Å². The van der Waals surface area contributed by atoms with Crippen LogP contribution in [0.2, 0.25) is 0 Å². The van der Waals surface area contributed by atoms with E-state index in [4.69, 9.17) is 0 Å². The van der Waals surface area contributed by atoms with Gasteiger partial charge in [0.15, 0.2) is 0 Å². The molecule has 0 aromatic rings. The maximum Gasteiger partial charge on any atom is 0.467 e. The summed E-state index contributed by atoms with van der Waals surface area (Å²) in [5.41, 5.74) is 0. The Morgan fingerprint density at radius 1 is 1.50 bits per heavy atom. The van der Waals surface area contributed by atoms with Crippen molar-refractivity contribution in [3.05, 3.63) is 0 Å². The van der Waals surface area contributed by atoms with Gasteiger partial charge in [-0.1, -0.05) is 6.92 Å². The fourth-order valence-electron chi connectivity index (χ4n) is 0.441. The second-order valence-corrected chi connectivity index (χ2v) is 3.82. The summed E-state index contributed by atoms with van der Waals surface area (Å²) in [6.45, 7) is 1.24. The van der Waals surface area contributed by atoms with Crippen LogP contribution in [0.5, 0.6) is 0 Å². The average molecular weight is 233 g/mol. The summed E-state index contributed by atoms with van der Waals surface area (Å²) in [5, 5.41) is -4.78. The third-order valence-corrected chi connectivity index (χ3v) is 2.16. The number of rotatable bonds is 5. The number of hydrogen-bond donors (Lipinski definition) is 1. The summed E-state index contributed by atoms with van der Waals surface area (Å²) in [6.07, 6.45) is 0.283. The van der Waals surface area contributed by atoms with E-state index in [1.54, 1.807) is 6.92 Å². The molecule has 0 aromatic heterocycles. The highest BCUT2D eigenvalue weighted by Crippen LogP contribution is 2.23. The zero-order chi connectivity index (χ0) is 11.4. The normalized spacial score (nSPS) is 12.6. The highest BCUT2D eigenvalue weighted by Gasteiger charge is 2.55. The molecule has 0 saturated heterocycles. The Labute approximate surface area is 79.0 Å². The van der Waals surface area contributed by atoms with Crippen molar-refractivity contribution in [2.75, 3.05) is 6.61 Å². The summed E-state index contributed by atoms with van der Waals surface area (Å²) in [7, 11) is -5.46. The van der Waals surface area contributed by atoms with E-state index in [2.05, 4.69) is 14.9 Å². The lowest BCUT2D eigenvalue weighted by atomic mass is 10.5. The average Bonchev–Trinajstić information content (AvgIpc) is 2.13. The largest absolute Gasteiger partial charge is 0.467 e. The van der Waals surface area contributed by atoms with Gasteiger partial charge in [-0.05, 0) is 6.42 Å². The molecule has 0 bridgehead atoms. The molecule has 0 aliphatic heterocycles. The molecule has 0 fully saturated rings. The molecule has 0 rings (SSSR count). The molecule has 2 N–H and O–H groups in total. The van der Waals surface area contributed by atoms with Gasteiger partial charge in [0.25, 0.3) is 0 Å². The van der Waals surface area contributed by atoms with Crippen LogP contribution in [-0.2, 0) is 23.9 Å². The number of esters is 1. The molecule has 84 valence electrons. The highest BCUT2D eigenvalue weighted by atomic mass is 32.2. The van der Waals surface area contributed by atoms with E-state index >= 15 is 0 Å². The van der Waals surface area contributed by atoms with Crippen LogP contribution in [0.4, 0.5) is 8.78 Å². The lowest BCUT2D eigenvalue weighted by Crippen LogP contribution is -2.41. The van der Waals surface area contributed by atoms with Crippen LogP contribution in [0.1, 0.15) is 13.3 Å². The molecule has 0 aliphatic carbocycles. The van der Waals surface area contributed by atoms with Crippen molar-refractivity contribution in [2.45, 2.75) is 18.6 Å². The second-order valence-electron chi connectivity index (χ2n) is 2.20. The highest BCUT2D eigenvalue weighted by molar-refractivity contribution is 7.88. The van der Waals surface area contributed by atoms with Gasteiger partial charge < -0.3 is 4.74 Å². The first-order valence-electron chi connectivity index (χ1n) is 3.47. The molecule has 0 aliphatic rings. The van der Waals surface area contributed by atoms with Gasteiger partial charge in [-0.2, -0.15) is 27.4 Å². The van der Waals surface area contributed by atoms with E-state index in [0.717, 1.165) is 0 Å². The predicted octanol–water partition coefficient (Wildman–Crippen LogP) is -0.247. The Morgan fingerprint density at radius 3 is 2.36 bits per heavy atom. The van der Waals surface area contributed by atoms with Crippen LogP contribution in [0.3, 0.4) is 0 Å². The summed E-state index contributed by atoms with van der Waals surface area (Å²) in [5.74, 6) is 1.88. The first-order valence-corrected chi connectivity index (χ1v) is 4.88. The van der Waals surface area contributed by atoms with E-state index in [-0.39, 0.29) is 13.0 Å². The Hall–Kier alpha value is -0.800. The Balaban J connectivity index is 4.70. The molecule has 9 heteroatoms. The monoisotopic (exact) mass is 233 g/mol. The van der Waals surface area contributed by atoms with Crippen molar-refractivity contribution in [1.82, 2.24) is 0 Å². The molecule has 0 atom stereocenters. The lowest BCUT2D eigenvalue weighted by Gasteiger charge is -2.12. The number of nitrogens with two attached hydrogens (primary N) is 1. The van der Waals surface area contributed by atoms with Crippen LogP contribution in [0, 0.1) is 0 Å². The second kappa shape index (κ2) is 4.62. The quantitative estimate of drug-likeness (QED) is 0.519. The van der Waals surface area contributed by atoms with Gasteiger partial charge in [0, 0.05) is 0 Å². The van der Waals surface area contributed by atoms with Gasteiger partial charge in [-0.25, -0.2) is 4.79 Å². The zero-order valence-corrected chi connectivity index (χ0v) is 8.01. The van der Waals surface area contributed by atoms with Crippen LogP contribution < -0.4 is 5.90 Å². The molecule has 0 amide bonds. The Morgan fingerprint density at radius 2 is 2.00 bits per heavy atom. The molecule has 6 nitrogen and oxygen atoms in total. The van der Waals surface area contributed by atoms with Crippen molar-refractivity contribution in [1.29, 1.82) is 0 Å². The minimum Gasteiger partial charge on any atom is -0.460 e. The van der Waals surface area contributed by atoms with Gasteiger partial charge in [-0.3, -0.25) is 0 Å². The Kier molecular flexibility index (Phi) is 4.36. The fraction of sp³-hybridized carbons (Fsp3) is 0.800. The minimum atomic E-state index is -5.46. The zero-order valence-electron chi connectivity index (χ0n) is 7.20. The number of carbonyl (C=O) groups is 1. The first kappa shape index (κ1) is 13.2. The topological polar surface area (TPSA) is 95.7 Å². The first-order chi connectivity index (χ1) is 6.29. The van der Waals surface area contributed by atoms with E-state index in [9.17, 15) is 22.0 Å². The summed E-state index contributed by atoms with van der Waals surface area (Å²) < 4.78 is 53.1. The summed E-state index contributed by atoms with van der Waals surface area (Å²) in [6, 6.07) is 0. The van der Waals surface area contributed by atoms with Crippen molar-refractivity contribution < 1.29 is 31.0 Å². The third-order valence-electron chi connectivity index (χ3n) is 1.12. The van der Waals surface area contributed by atoms with Crippen molar-refractivity contribution in [3.63, 3.8) is 0 Å². The van der Waals surface area contributed by atoms with Crippen molar-refractivity contribution >= 4 is 16.1 Å². The third kappa shape index (κ3) is 2.59. The lowest BCUT2D eigenvalue weighted by molar-refractivity contribution is -0.161. The van der Waals surface area contributed by atoms with E-state index < -0.39 is 21.3 Å². The van der Waals surface area contributed by atoms with E-state index in [0.29, 0.717) is 0 Å². The molecule has 0 heterocycles. The minimum absolute atomic E-state index is 0.283. The van der Waals surface area contributed by atoms with Crippen LogP contribution in [-0.4, -0.2) is 26.2 Å². The molecule has 0 aromatic carbocycles. The van der Waals surface area contributed by atoms with Crippen molar-refractivity contribution in [3.8, 4) is 0 Å².